The third kappa shape index (κ3) is 4.94. The van der Waals surface area contributed by atoms with Crippen LogP contribution in [-0.2, 0) is 4.79 Å². The molecule has 1 saturated carbocycles. The summed E-state index contributed by atoms with van der Waals surface area (Å²) in [4.78, 5) is 32.2. The Morgan fingerprint density at radius 1 is 0.833 bits per heavy atom. The fraction of sp³-hybridized carbons (Fsp3) is 0.652. The van der Waals surface area contributed by atoms with Gasteiger partial charge in [-0.05, 0) is 62.3 Å². The number of anilines is 1. The predicted molar refractivity (Wildman–Crippen MR) is 115 cm³/mol. The van der Waals surface area contributed by atoms with Gasteiger partial charge in [-0.2, -0.15) is 0 Å². The summed E-state index contributed by atoms with van der Waals surface area (Å²) in [6.45, 7) is 4.42. The van der Waals surface area contributed by atoms with Crippen molar-refractivity contribution < 1.29 is 14.0 Å². The second-order valence-electron chi connectivity index (χ2n) is 8.84. The zero-order valence-electron chi connectivity index (χ0n) is 17.7. The van der Waals surface area contributed by atoms with E-state index in [0.717, 1.165) is 51.9 Å². The van der Waals surface area contributed by atoms with Crippen molar-refractivity contribution in [1.29, 1.82) is 0 Å². The molecular weight excluding hydrogens is 383 g/mol. The summed E-state index contributed by atoms with van der Waals surface area (Å²) in [6, 6.07) is 5.61. The van der Waals surface area contributed by atoms with Crippen LogP contribution >= 0.6 is 0 Å². The molecule has 2 heterocycles. The van der Waals surface area contributed by atoms with Gasteiger partial charge < -0.3 is 15.1 Å². The van der Waals surface area contributed by atoms with Gasteiger partial charge in [0.05, 0.1) is 6.04 Å². The van der Waals surface area contributed by atoms with E-state index in [0.29, 0.717) is 30.6 Å². The van der Waals surface area contributed by atoms with Crippen molar-refractivity contribution in [3.63, 3.8) is 0 Å². The Morgan fingerprint density at radius 2 is 1.47 bits per heavy atom. The molecule has 164 valence electrons. The smallest absolute Gasteiger partial charge is 0.321 e. The van der Waals surface area contributed by atoms with E-state index >= 15 is 0 Å². The maximum absolute atomic E-state index is 13.4. The number of urea groups is 1. The minimum Gasteiger partial charge on any atom is -0.341 e. The van der Waals surface area contributed by atoms with Crippen molar-refractivity contribution in [3.8, 4) is 0 Å². The second-order valence-corrected chi connectivity index (χ2v) is 8.84. The van der Waals surface area contributed by atoms with E-state index < -0.39 is 0 Å². The molecule has 0 unspecified atom stereocenters. The lowest BCUT2D eigenvalue weighted by molar-refractivity contribution is -0.140. The standard InChI is InChI=1S/C23H33FN4O2/c24-19-8-10-20(11-9-19)25-23(30)28-16-14-26(15-17-28)21(18-6-2-3-7-18)22(29)27-12-4-1-5-13-27/h8-11,18,21H,1-7,12-17H2,(H,25,30)/t21-/m0/s1. The number of likely N-dealkylation sites (tertiary alicyclic amines) is 1. The molecule has 0 bridgehead atoms. The minimum atomic E-state index is -0.321. The topological polar surface area (TPSA) is 55.9 Å². The molecule has 3 aliphatic rings. The average Bonchev–Trinajstić information content (AvgIpc) is 3.31. The molecule has 0 aromatic heterocycles. The third-order valence-corrected chi connectivity index (χ3v) is 6.86. The lowest BCUT2D eigenvalue weighted by Crippen LogP contribution is -2.59. The van der Waals surface area contributed by atoms with Crippen molar-refractivity contribution in [2.24, 2.45) is 5.92 Å². The van der Waals surface area contributed by atoms with Gasteiger partial charge in [0.25, 0.3) is 0 Å². The number of piperidine rings is 1. The number of carbonyl (C=O) groups is 2. The number of benzene rings is 1. The zero-order chi connectivity index (χ0) is 20.9. The number of nitrogens with zero attached hydrogens (tertiary/aromatic N) is 3. The number of piperazine rings is 1. The Kier molecular flexibility index (Phi) is 6.87. The summed E-state index contributed by atoms with van der Waals surface area (Å²) in [5.41, 5.74) is 0.591. The lowest BCUT2D eigenvalue weighted by Gasteiger charge is -2.43. The van der Waals surface area contributed by atoms with Crippen molar-refractivity contribution in [1.82, 2.24) is 14.7 Å². The fourth-order valence-corrected chi connectivity index (χ4v) is 5.17. The zero-order valence-corrected chi connectivity index (χ0v) is 17.7. The molecule has 1 N–H and O–H groups in total. The third-order valence-electron chi connectivity index (χ3n) is 6.86. The van der Waals surface area contributed by atoms with Crippen LogP contribution in [0.3, 0.4) is 0 Å². The van der Waals surface area contributed by atoms with Crippen molar-refractivity contribution in [2.75, 3.05) is 44.6 Å². The Morgan fingerprint density at radius 3 is 2.10 bits per heavy atom. The maximum Gasteiger partial charge on any atom is 0.321 e. The Labute approximate surface area is 178 Å². The quantitative estimate of drug-likeness (QED) is 0.817. The van der Waals surface area contributed by atoms with Gasteiger partial charge in [-0.3, -0.25) is 9.69 Å². The van der Waals surface area contributed by atoms with Crippen LogP contribution in [0, 0.1) is 11.7 Å². The van der Waals surface area contributed by atoms with Crippen LogP contribution in [0.2, 0.25) is 0 Å². The number of hydrogen-bond acceptors (Lipinski definition) is 3. The van der Waals surface area contributed by atoms with Crippen molar-refractivity contribution in [3.05, 3.63) is 30.1 Å². The number of halogens is 1. The molecule has 0 radical (unpaired) electrons. The molecule has 30 heavy (non-hydrogen) atoms. The molecule has 3 fully saturated rings. The summed E-state index contributed by atoms with van der Waals surface area (Å²) >= 11 is 0. The number of nitrogens with one attached hydrogen (secondary N) is 1. The number of amides is 3. The summed E-state index contributed by atoms with van der Waals surface area (Å²) in [5.74, 6) is 0.433. The van der Waals surface area contributed by atoms with Crippen LogP contribution in [0.1, 0.15) is 44.9 Å². The van der Waals surface area contributed by atoms with Gasteiger partial charge in [0.1, 0.15) is 5.82 Å². The van der Waals surface area contributed by atoms with E-state index in [4.69, 9.17) is 0 Å². The van der Waals surface area contributed by atoms with E-state index in [-0.39, 0.29) is 17.9 Å². The summed E-state index contributed by atoms with van der Waals surface area (Å²) in [5, 5.41) is 2.84. The first-order chi connectivity index (χ1) is 14.6. The molecule has 2 saturated heterocycles. The van der Waals surface area contributed by atoms with Crippen molar-refractivity contribution >= 4 is 17.6 Å². The van der Waals surface area contributed by atoms with E-state index in [1.807, 2.05) is 0 Å². The first-order valence-corrected chi connectivity index (χ1v) is 11.5. The highest BCUT2D eigenvalue weighted by Crippen LogP contribution is 2.32. The van der Waals surface area contributed by atoms with Crippen LogP contribution in [-0.4, -0.2) is 71.9 Å². The summed E-state index contributed by atoms with van der Waals surface area (Å²) < 4.78 is 13.1. The normalized spacial score (nSPS) is 22.2. The maximum atomic E-state index is 13.4. The molecule has 0 spiro atoms. The highest BCUT2D eigenvalue weighted by Gasteiger charge is 2.39. The highest BCUT2D eigenvalue weighted by molar-refractivity contribution is 5.89. The highest BCUT2D eigenvalue weighted by atomic mass is 19.1. The van der Waals surface area contributed by atoms with Gasteiger partial charge in [-0.15, -0.1) is 0 Å². The first kappa shape index (κ1) is 21.1. The molecule has 6 nitrogen and oxygen atoms in total. The van der Waals surface area contributed by atoms with Crippen LogP contribution in [0.25, 0.3) is 0 Å². The second kappa shape index (κ2) is 9.77. The monoisotopic (exact) mass is 416 g/mol. The molecule has 4 rings (SSSR count). The molecule has 1 atom stereocenters. The Bertz CT molecular complexity index is 721. The summed E-state index contributed by atoms with van der Waals surface area (Å²) in [7, 11) is 0. The van der Waals surface area contributed by atoms with Crippen LogP contribution < -0.4 is 5.32 Å². The molecule has 7 heteroatoms. The molecule has 3 amide bonds. The van der Waals surface area contributed by atoms with Crippen molar-refractivity contribution in [2.45, 2.75) is 51.0 Å². The molecule has 1 aromatic rings. The largest absolute Gasteiger partial charge is 0.341 e. The fourth-order valence-electron chi connectivity index (χ4n) is 5.17. The average molecular weight is 417 g/mol. The number of rotatable bonds is 4. The Hall–Kier alpha value is -2.15. The van der Waals surface area contributed by atoms with E-state index in [2.05, 4.69) is 15.1 Å². The van der Waals surface area contributed by atoms with Crippen LogP contribution in [0.4, 0.5) is 14.9 Å². The number of hydrogen-bond donors (Lipinski definition) is 1. The van der Waals surface area contributed by atoms with Crippen LogP contribution in [0.15, 0.2) is 24.3 Å². The first-order valence-electron chi connectivity index (χ1n) is 11.5. The van der Waals surface area contributed by atoms with Gasteiger partial charge in [0.2, 0.25) is 5.91 Å². The Balaban J connectivity index is 1.36. The van der Waals surface area contributed by atoms with Gasteiger partial charge in [-0.25, -0.2) is 9.18 Å². The van der Waals surface area contributed by atoms with Gasteiger partial charge in [0.15, 0.2) is 0 Å². The van der Waals surface area contributed by atoms with Crippen LogP contribution in [0.5, 0.6) is 0 Å². The number of carbonyl (C=O) groups excluding carboxylic acids is 2. The predicted octanol–water partition coefficient (Wildman–Crippen LogP) is 3.55. The van der Waals surface area contributed by atoms with E-state index in [9.17, 15) is 14.0 Å². The molecule has 2 aliphatic heterocycles. The summed E-state index contributed by atoms with van der Waals surface area (Å²) in [6.07, 6.45) is 8.15. The van der Waals surface area contributed by atoms with E-state index in [1.54, 1.807) is 17.0 Å². The van der Waals surface area contributed by atoms with Gasteiger partial charge >= 0.3 is 6.03 Å². The van der Waals surface area contributed by atoms with Gasteiger partial charge in [-0.1, -0.05) is 12.8 Å². The lowest BCUT2D eigenvalue weighted by atomic mass is 9.93. The molecular formula is C23H33FN4O2. The molecule has 1 aliphatic carbocycles. The minimum absolute atomic E-state index is 0.0343. The van der Waals surface area contributed by atoms with Gasteiger partial charge in [0, 0.05) is 45.0 Å². The van der Waals surface area contributed by atoms with E-state index in [1.165, 1.54) is 31.4 Å². The SMILES string of the molecule is O=C(Nc1ccc(F)cc1)N1CCN([C@H](C(=O)N2CCCCC2)C2CCCC2)CC1. The molecule has 1 aromatic carbocycles.